The quantitative estimate of drug-likeness (QED) is 0.793. The zero-order valence-electron chi connectivity index (χ0n) is 9.16. The van der Waals surface area contributed by atoms with Crippen LogP contribution in [-0.4, -0.2) is 30.8 Å². The van der Waals surface area contributed by atoms with Crippen molar-refractivity contribution in [3.63, 3.8) is 0 Å². The summed E-state index contributed by atoms with van der Waals surface area (Å²) in [6.07, 6.45) is 0. The van der Waals surface area contributed by atoms with Gasteiger partial charge in [0.15, 0.2) is 0 Å². The molecule has 0 fully saturated rings. The number of ether oxygens (including phenoxy) is 1. The lowest BCUT2D eigenvalue weighted by Crippen LogP contribution is -2.39. The lowest BCUT2D eigenvalue weighted by atomic mass is 10.2. The zero-order valence-corrected chi connectivity index (χ0v) is 9.16. The van der Waals surface area contributed by atoms with Crippen LogP contribution in [0.2, 0.25) is 0 Å². The van der Waals surface area contributed by atoms with E-state index in [0.717, 1.165) is 0 Å². The minimum Gasteiger partial charge on any atom is -0.491 e. The Morgan fingerprint density at radius 1 is 1.62 bits per heavy atom. The van der Waals surface area contributed by atoms with E-state index in [9.17, 15) is 9.18 Å². The van der Waals surface area contributed by atoms with Gasteiger partial charge in [0.2, 0.25) is 0 Å². The molecule has 88 valence electrons. The first-order chi connectivity index (χ1) is 7.54. The van der Waals surface area contributed by atoms with Gasteiger partial charge in [0.25, 0.3) is 0 Å². The summed E-state index contributed by atoms with van der Waals surface area (Å²) in [7, 11) is 1.54. The lowest BCUT2D eigenvalue weighted by Gasteiger charge is -2.13. The van der Waals surface area contributed by atoms with Crippen LogP contribution in [0, 0.1) is 12.7 Å². The van der Waals surface area contributed by atoms with Gasteiger partial charge in [-0.25, -0.2) is 4.39 Å². The van der Waals surface area contributed by atoms with E-state index >= 15 is 0 Å². The molecule has 0 heterocycles. The highest BCUT2D eigenvalue weighted by atomic mass is 19.1. The molecule has 0 saturated carbocycles. The number of benzene rings is 1. The number of likely N-dealkylation sites (N-methyl/N-ethyl adjacent to an activating group) is 1. The van der Waals surface area contributed by atoms with Gasteiger partial charge in [-0.15, -0.1) is 0 Å². The van der Waals surface area contributed by atoms with Crippen LogP contribution >= 0.6 is 0 Å². The van der Waals surface area contributed by atoms with Crippen LogP contribution in [-0.2, 0) is 4.79 Å². The fraction of sp³-hybridized carbons (Fsp3) is 0.364. The van der Waals surface area contributed by atoms with Crippen molar-refractivity contribution in [3.8, 4) is 5.75 Å². The van der Waals surface area contributed by atoms with Gasteiger partial charge in [-0.1, -0.05) is 0 Å². The summed E-state index contributed by atoms with van der Waals surface area (Å²) < 4.78 is 18.2. The molecule has 0 saturated heterocycles. The maximum absolute atomic E-state index is 12.9. The largest absolute Gasteiger partial charge is 0.491 e. The van der Waals surface area contributed by atoms with Crippen LogP contribution in [0.3, 0.4) is 0 Å². The van der Waals surface area contributed by atoms with E-state index < -0.39 is 12.0 Å². The molecule has 16 heavy (non-hydrogen) atoms. The number of aliphatic carboxylic acids is 1. The molecule has 1 aromatic carbocycles. The molecule has 5 heteroatoms. The molecular weight excluding hydrogens is 213 g/mol. The van der Waals surface area contributed by atoms with Gasteiger partial charge in [0.05, 0.1) is 0 Å². The average molecular weight is 227 g/mol. The fourth-order valence-electron chi connectivity index (χ4n) is 1.16. The second-order valence-electron chi connectivity index (χ2n) is 3.40. The molecule has 0 aliphatic carbocycles. The first kappa shape index (κ1) is 12.4. The predicted octanol–water partition coefficient (Wildman–Crippen LogP) is 1.19. The van der Waals surface area contributed by atoms with Gasteiger partial charge in [-0.3, -0.25) is 4.79 Å². The summed E-state index contributed by atoms with van der Waals surface area (Å²) in [5, 5.41) is 11.3. The van der Waals surface area contributed by atoms with E-state index in [1.54, 1.807) is 6.92 Å². The normalized spacial score (nSPS) is 12.2. The first-order valence-electron chi connectivity index (χ1n) is 4.83. The van der Waals surface area contributed by atoms with Crippen LogP contribution < -0.4 is 10.1 Å². The van der Waals surface area contributed by atoms with E-state index in [1.807, 2.05) is 0 Å². The molecule has 1 rings (SSSR count). The molecule has 0 bridgehead atoms. The molecular formula is C11H14FNO3. The van der Waals surface area contributed by atoms with Gasteiger partial charge in [-0.05, 0) is 37.7 Å². The molecule has 2 N–H and O–H groups in total. The Bertz CT molecular complexity index is 381. The molecule has 0 radical (unpaired) electrons. The van der Waals surface area contributed by atoms with Crippen molar-refractivity contribution in [2.75, 3.05) is 13.7 Å². The van der Waals surface area contributed by atoms with Crippen LogP contribution in [0.15, 0.2) is 18.2 Å². The average Bonchev–Trinajstić information content (AvgIpc) is 2.23. The van der Waals surface area contributed by atoms with E-state index in [0.29, 0.717) is 11.3 Å². The summed E-state index contributed by atoms with van der Waals surface area (Å²) >= 11 is 0. The molecule has 0 aromatic heterocycles. The third-order valence-corrected chi connectivity index (χ3v) is 2.19. The summed E-state index contributed by atoms with van der Waals surface area (Å²) in [4.78, 5) is 10.7. The number of carbonyl (C=O) groups is 1. The second kappa shape index (κ2) is 5.46. The number of halogens is 1. The van der Waals surface area contributed by atoms with E-state index in [-0.39, 0.29) is 12.4 Å². The highest BCUT2D eigenvalue weighted by Gasteiger charge is 2.15. The summed E-state index contributed by atoms with van der Waals surface area (Å²) in [6, 6.07) is 3.52. The topological polar surface area (TPSA) is 58.6 Å². The predicted molar refractivity (Wildman–Crippen MR) is 57.1 cm³/mol. The van der Waals surface area contributed by atoms with Crippen molar-refractivity contribution in [2.24, 2.45) is 0 Å². The second-order valence-corrected chi connectivity index (χ2v) is 3.40. The summed E-state index contributed by atoms with van der Waals surface area (Å²) in [6.45, 7) is 1.62. The third-order valence-electron chi connectivity index (χ3n) is 2.19. The van der Waals surface area contributed by atoms with Gasteiger partial charge in [0.1, 0.15) is 24.2 Å². The molecule has 0 spiro atoms. The number of carboxylic acids is 1. The smallest absolute Gasteiger partial charge is 0.324 e. The molecule has 0 aliphatic heterocycles. The van der Waals surface area contributed by atoms with E-state index in [4.69, 9.17) is 9.84 Å². The highest BCUT2D eigenvalue weighted by Crippen LogP contribution is 2.15. The number of aryl methyl sites for hydroxylation is 1. The Morgan fingerprint density at radius 3 is 2.81 bits per heavy atom. The van der Waals surface area contributed by atoms with Crippen LogP contribution in [0.5, 0.6) is 5.75 Å². The number of rotatable bonds is 5. The molecule has 1 aromatic rings. The molecule has 0 amide bonds. The minimum atomic E-state index is -0.985. The Morgan fingerprint density at radius 2 is 2.31 bits per heavy atom. The maximum Gasteiger partial charge on any atom is 0.324 e. The van der Waals surface area contributed by atoms with E-state index in [2.05, 4.69) is 5.32 Å². The minimum absolute atomic E-state index is 0.00307. The number of nitrogens with one attached hydrogen (secondary N) is 1. The molecule has 4 nitrogen and oxygen atoms in total. The third kappa shape index (κ3) is 3.20. The van der Waals surface area contributed by atoms with Crippen molar-refractivity contribution >= 4 is 5.97 Å². The Hall–Kier alpha value is -1.62. The van der Waals surface area contributed by atoms with Gasteiger partial charge < -0.3 is 15.2 Å². The summed E-state index contributed by atoms with van der Waals surface area (Å²) in [5.41, 5.74) is 0.467. The van der Waals surface area contributed by atoms with Crippen molar-refractivity contribution in [3.05, 3.63) is 29.6 Å². The van der Waals surface area contributed by atoms with Gasteiger partial charge >= 0.3 is 5.97 Å². The van der Waals surface area contributed by atoms with Crippen LogP contribution in [0.4, 0.5) is 4.39 Å². The Balaban J connectivity index is 2.60. The van der Waals surface area contributed by atoms with Crippen molar-refractivity contribution in [1.29, 1.82) is 0 Å². The van der Waals surface area contributed by atoms with Crippen molar-refractivity contribution < 1.29 is 19.0 Å². The SMILES string of the molecule is CNC(COc1ccc(F)c(C)c1)C(=O)O. The monoisotopic (exact) mass is 227 g/mol. The summed E-state index contributed by atoms with van der Waals surface area (Å²) in [5.74, 6) is -0.836. The number of hydrogen-bond acceptors (Lipinski definition) is 3. The van der Waals surface area contributed by atoms with E-state index in [1.165, 1.54) is 25.2 Å². The maximum atomic E-state index is 12.9. The number of carboxylic acid groups (broad SMARTS) is 1. The highest BCUT2D eigenvalue weighted by molar-refractivity contribution is 5.73. The molecule has 1 unspecified atom stereocenters. The zero-order chi connectivity index (χ0) is 12.1. The Kier molecular flexibility index (Phi) is 4.25. The standard InChI is InChI=1S/C11H14FNO3/c1-7-5-8(3-4-9(7)12)16-6-10(13-2)11(14)15/h3-5,10,13H,6H2,1-2H3,(H,14,15). The van der Waals surface area contributed by atoms with Gasteiger partial charge in [-0.2, -0.15) is 0 Å². The molecule has 1 atom stereocenters. The van der Waals surface area contributed by atoms with Crippen LogP contribution in [0.25, 0.3) is 0 Å². The van der Waals surface area contributed by atoms with Crippen molar-refractivity contribution in [1.82, 2.24) is 5.32 Å². The fourth-order valence-corrected chi connectivity index (χ4v) is 1.16. The van der Waals surface area contributed by atoms with Crippen molar-refractivity contribution in [2.45, 2.75) is 13.0 Å². The lowest BCUT2D eigenvalue weighted by molar-refractivity contribution is -0.140. The van der Waals surface area contributed by atoms with Crippen LogP contribution in [0.1, 0.15) is 5.56 Å². The molecule has 0 aliphatic rings. The number of hydrogen-bond donors (Lipinski definition) is 2. The first-order valence-corrected chi connectivity index (χ1v) is 4.83. The van der Waals surface area contributed by atoms with Gasteiger partial charge in [0, 0.05) is 0 Å². The Labute approximate surface area is 93.0 Å².